The van der Waals surface area contributed by atoms with Gasteiger partial charge in [-0.15, -0.1) is 0 Å². The van der Waals surface area contributed by atoms with E-state index < -0.39 is 0 Å². The van der Waals surface area contributed by atoms with Gasteiger partial charge >= 0.3 is 6.01 Å². The molecule has 26 heavy (non-hydrogen) atoms. The van der Waals surface area contributed by atoms with Crippen LogP contribution in [0.5, 0.6) is 6.01 Å². The van der Waals surface area contributed by atoms with E-state index in [4.69, 9.17) is 4.74 Å². The van der Waals surface area contributed by atoms with Crippen molar-refractivity contribution in [3.63, 3.8) is 0 Å². The molecule has 2 aromatic heterocycles. The molecule has 1 N–H and O–H groups in total. The van der Waals surface area contributed by atoms with E-state index in [9.17, 15) is 9.59 Å². The lowest BCUT2D eigenvalue weighted by Gasteiger charge is -2.28. The summed E-state index contributed by atoms with van der Waals surface area (Å²) in [6, 6.07) is 3.36. The number of likely N-dealkylation sites (tertiary alicyclic amines) is 1. The second-order valence-electron chi connectivity index (χ2n) is 7.41. The summed E-state index contributed by atoms with van der Waals surface area (Å²) in [4.78, 5) is 36.9. The fourth-order valence-electron chi connectivity index (χ4n) is 4.19. The van der Waals surface area contributed by atoms with Gasteiger partial charge in [-0.1, -0.05) is 6.42 Å². The number of aryl methyl sites for hydroxylation is 1. The van der Waals surface area contributed by atoms with E-state index in [2.05, 4.69) is 15.0 Å². The third kappa shape index (κ3) is 3.09. The maximum Gasteiger partial charge on any atom is 0.316 e. The first-order chi connectivity index (χ1) is 12.6. The molecule has 0 radical (unpaired) electrons. The number of carbonyl (C=O) groups excluding carboxylic acids is 1. The average Bonchev–Trinajstić information content (AvgIpc) is 3.19. The van der Waals surface area contributed by atoms with Gasteiger partial charge in [-0.05, 0) is 37.3 Å². The standard InChI is InChI=1S/C19H22N4O3/c1-13-7-21-18(22-8-13)26-12-19-6-2-3-15(19)10-23(11-19)17(25)14-4-5-16(24)20-9-14/h4-5,7-9,15H,2-3,6,10-12H2,1H3,(H,20,24). The quantitative estimate of drug-likeness (QED) is 0.904. The Morgan fingerprint density at radius 2 is 2.19 bits per heavy atom. The van der Waals surface area contributed by atoms with Crippen molar-refractivity contribution >= 4 is 5.91 Å². The highest BCUT2D eigenvalue weighted by Crippen LogP contribution is 2.49. The van der Waals surface area contributed by atoms with Crippen molar-refractivity contribution in [2.75, 3.05) is 19.7 Å². The van der Waals surface area contributed by atoms with Gasteiger partial charge in [0.15, 0.2) is 0 Å². The van der Waals surface area contributed by atoms with Gasteiger partial charge in [0.25, 0.3) is 5.91 Å². The Kier molecular flexibility index (Phi) is 4.22. The molecule has 4 rings (SSSR count). The molecule has 2 aromatic rings. The van der Waals surface area contributed by atoms with Gasteiger partial charge in [-0.2, -0.15) is 0 Å². The van der Waals surface area contributed by atoms with Crippen LogP contribution in [0.15, 0.2) is 35.5 Å². The van der Waals surface area contributed by atoms with Crippen molar-refractivity contribution in [1.82, 2.24) is 19.9 Å². The smallest absolute Gasteiger partial charge is 0.316 e. The molecular weight excluding hydrogens is 332 g/mol. The summed E-state index contributed by atoms with van der Waals surface area (Å²) in [6.45, 7) is 3.86. The summed E-state index contributed by atoms with van der Waals surface area (Å²) in [5.41, 5.74) is 1.27. The molecule has 1 aliphatic carbocycles. The lowest BCUT2D eigenvalue weighted by atomic mass is 9.82. The van der Waals surface area contributed by atoms with Crippen LogP contribution in [0, 0.1) is 18.3 Å². The summed E-state index contributed by atoms with van der Waals surface area (Å²) in [7, 11) is 0. The van der Waals surface area contributed by atoms with Crippen LogP contribution in [0.3, 0.4) is 0 Å². The second kappa shape index (κ2) is 6.55. The Morgan fingerprint density at radius 1 is 1.38 bits per heavy atom. The number of nitrogens with one attached hydrogen (secondary N) is 1. The molecule has 2 atom stereocenters. The molecule has 136 valence electrons. The number of hydrogen-bond acceptors (Lipinski definition) is 5. The normalized spacial score (nSPS) is 24.5. The van der Waals surface area contributed by atoms with E-state index in [1.807, 2.05) is 11.8 Å². The fraction of sp³-hybridized carbons (Fsp3) is 0.474. The number of H-pyrrole nitrogens is 1. The van der Waals surface area contributed by atoms with Crippen molar-refractivity contribution in [2.24, 2.45) is 11.3 Å². The third-order valence-corrected chi connectivity index (χ3v) is 5.60. The number of amides is 1. The molecule has 7 nitrogen and oxygen atoms in total. The highest BCUT2D eigenvalue weighted by molar-refractivity contribution is 5.94. The van der Waals surface area contributed by atoms with E-state index in [0.29, 0.717) is 30.6 Å². The van der Waals surface area contributed by atoms with E-state index in [1.165, 1.54) is 12.3 Å². The van der Waals surface area contributed by atoms with Crippen LogP contribution in [0.2, 0.25) is 0 Å². The summed E-state index contributed by atoms with van der Waals surface area (Å²) in [5, 5.41) is 0. The molecular formula is C19H22N4O3. The Balaban J connectivity index is 1.47. The van der Waals surface area contributed by atoms with Crippen LogP contribution in [0.1, 0.15) is 35.2 Å². The lowest BCUT2D eigenvalue weighted by Crippen LogP contribution is -2.36. The highest BCUT2D eigenvalue weighted by atomic mass is 16.5. The van der Waals surface area contributed by atoms with Gasteiger partial charge in [0.05, 0.1) is 12.2 Å². The van der Waals surface area contributed by atoms with Crippen LogP contribution >= 0.6 is 0 Å². The molecule has 1 amide bonds. The predicted octanol–water partition coefficient (Wildman–Crippen LogP) is 1.79. The summed E-state index contributed by atoms with van der Waals surface area (Å²) < 4.78 is 5.89. The van der Waals surface area contributed by atoms with Crippen molar-refractivity contribution in [3.8, 4) is 6.01 Å². The molecule has 0 bridgehead atoms. The van der Waals surface area contributed by atoms with E-state index in [0.717, 1.165) is 31.4 Å². The highest BCUT2D eigenvalue weighted by Gasteiger charge is 2.51. The Hall–Kier alpha value is -2.70. The molecule has 2 unspecified atom stereocenters. The minimum absolute atomic E-state index is 0.0356. The summed E-state index contributed by atoms with van der Waals surface area (Å²) in [5.74, 6) is 0.390. The Bertz CT molecular complexity index is 843. The first kappa shape index (κ1) is 16.8. The van der Waals surface area contributed by atoms with Crippen LogP contribution in [0.25, 0.3) is 0 Å². The van der Waals surface area contributed by atoms with E-state index >= 15 is 0 Å². The monoisotopic (exact) mass is 354 g/mol. The number of fused-ring (bicyclic) bond motifs is 1. The number of nitrogens with zero attached hydrogens (tertiary/aromatic N) is 3. The van der Waals surface area contributed by atoms with Gasteiger partial charge in [0.2, 0.25) is 5.56 Å². The van der Waals surface area contributed by atoms with Gasteiger partial charge in [0, 0.05) is 43.2 Å². The summed E-state index contributed by atoms with van der Waals surface area (Å²) >= 11 is 0. The molecule has 2 fully saturated rings. The lowest BCUT2D eigenvalue weighted by molar-refractivity contribution is 0.0742. The molecule has 1 saturated heterocycles. The van der Waals surface area contributed by atoms with Crippen molar-refractivity contribution < 1.29 is 9.53 Å². The summed E-state index contributed by atoms with van der Waals surface area (Å²) in [6.07, 6.45) is 8.28. The topological polar surface area (TPSA) is 88.2 Å². The number of pyridine rings is 1. The molecule has 3 heterocycles. The average molecular weight is 354 g/mol. The first-order valence-electron chi connectivity index (χ1n) is 8.95. The SMILES string of the molecule is Cc1cnc(OCC23CCCC2CN(C(=O)c2ccc(=O)[nH]c2)C3)nc1. The molecule has 1 aliphatic heterocycles. The number of aromatic nitrogens is 3. The number of rotatable bonds is 4. The van der Waals surface area contributed by atoms with Gasteiger partial charge < -0.3 is 14.6 Å². The zero-order valence-corrected chi connectivity index (χ0v) is 14.8. The molecule has 2 aliphatic rings. The number of ether oxygens (including phenoxy) is 1. The number of carbonyl (C=O) groups is 1. The largest absolute Gasteiger partial charge is 0.463 e. The molecule has 1 saturated carbocycles. The zero-order chi connectivity index (χ0) is 18.1. The van der Waals surface area contributed by atoms with E-state index in [-0.39, 0.29) is 16.9 Å². The predicted molar refractivity (Wildman–Crippen MR) is 95.0 cm³/mol. The minimum atomic E-state index is -0.206. The fourth-order valence-corrected chi connectivity index (χ4v) is 4.19. The molecule has 0 spiro atoms. The van der Waals surface area contributed by atoms with Crippen molar-refractivity contribution in [2.45, 2.75) is 26.2 Å². The maximum atomic E-state index is 12.8. The maximum absolute atomic E-state index is 12.8. The Morgan fingerprint density at radius 3 is 2.92 bits per heavy atom. The molecule has 0 aromatic carbocycles. The van der Waals surface area contributed by atoms with Crippen LogP contribution < -0.4 is 10.3 Å². The van der Waals surface area contributed by atoms with Crippen molar-refractivity contribution in [3.05, 3.63) is 52.2 Å². The minimum Gasteiger partial charge on any atom is -0.463 e. The number of hydrogen-bond donors (Lipinski definition) is 1. The van der Waals surface area contributed by atoms with Crippen LogP contribution in [-0.2, 0) is 0 Å². The van der Waals surface area contributed by atoms with Gasteiger partial charge in [0.1, 0.15) is 0 Å². The third-order valence-electron chi connectivity index (χ3n) is 5.60. The van der Waals surface area contributed by atoms with Crippen LogP contribution in [0.4, 0.5) is 0 Å². The molecule has 7 heteroatoms. The second-order valence-corrected chi connectivity index (χ2v) is 7.41. The van der Waals surface area contributed by atoms with Gasteiger partial charge in [-0.25, -0.2) is 9.97 Å². The first-order valence-corrected chi connectivity index (χ1v) is 8.95. The number of aromatic amines is 1. The van der Waals surface area contributed by atoms with Gasteiger partial charge in [-0.3, -0.25) is 9.59 Å². The van der Waals surface area contributed by atoms with Crippen LogP contribution in [-0.4, -0.2) is 45.5 Å². The Labute approximate surface area is 151 Å². The van der Waals surface area contributed by atoms with E-state index in [1.54, 1.807) is 18.5 Å². The van der Waals surface area contributed by atoms with Crippen molar-refractivity contribution in [1.29, 1.82) is 0 Å². The zero-order valence-electron chi connectivity index (χ0n) is 14.8.